The third kappa shape index (κ3) is 1.93. The maximum absolute atomic E-state index is 11.5. The van der Waals surface area contributed by atoms with E-state index in [1.807, 2.05) is 0 Å². The van der Waals surface area contributed by atoms with Crippen LogP contribution >= 0.6 is 0 Å². The van der Waals surface area contributed by atoms with Crippen LogP contribution in [0.5, 0.6) is 0 Å². The first kappa shape index (κ1) is 11.4. The number of rotatable bonds is 1. The van der Waals surface area contributed by atoms with Gasteiger partial charge >= 0.3 is 5.97 Å². The van der Waals surface area contributed by atoms with Gasteiger partial charge in [-0.2, -0.15) is 0 Å². The van der Waals surface area contributed by atoms with Gasteiger partial charge in [0.2, 0.25) is 5.91 Å². The number of aliphatic carboxylic acids is 1. The zero-order chi connectivity index (χ0) is 11.7. The molecule has 0 bridgehead atoms. The Labute approximate surface area is 95.6 Å². The Bertz CT molecular complexity index is 303. The number of carboxylic acid groups (broad SMARTS) is 1. The van der Waals surface area contributed by atoms with Gasteiger partial charge in [0, 0.05) is 13.5 Å². The fraction of sp³-hybridized carbons (Fsp3) is 0.833. The van der Waals surface area contributed by atoms with Crippen LogP contribution < -0.4 is 0 Å². The van der Waals surface area contributed by atoms with E-state index in [4.69, 9.17) is 0 Å². The second-order valence-electron chi connectivity index (χ2n) is 4.99. The molecule has 2 fully saturated rings. The zero-order valence-corrected chi connectivity index (χ0v) is 9.69. The molecule has 3 atom stereocenters. The lowest BCUT2D eigenvalue weighted by Crippen LogP contribution is -2.55. The Morgan fingerprint density at radius 1 is 1.19 bits per heavy atom. The van der Waals surface area contributed by atoms with Crippen LogP contribution in [0.4, 0.5) is 0 Å². The molecular weight excluding hydrogens is 206 g/mol. The predicted octanol–water partition coefficient (Wildman–Crippen LogP) is 1.50. The number of hydrogen-bond acceptors (Lipinski definition) is 2. The van der Waals surface area contributed by atoms with E-state index in [0.717, 1.165) is 25.7 Å². The fourth-order valence-corrected chi connectivity index (χ4v) is 3.36. The van der Waals surface area contributed by atoms with E-state index in [1.54, 1.807) is 4.90 Å². The number of hydrogen-bond donors (Lipinski definition) is 1. The van der Waals surface area contributed by atoms with Gasteiger partial charge in [-0.3, -0.25) is 4.79 Å². The number of piperidine rings is 1. The highest BCUT2D eigenvalue weighted by Gasteiger charge is 2.43. The van der Waals surface area contributed by atoms with E-state index in [1.165, 1.54) is 13.3 Å². The van der Waals surface area contributed by atoms with E-state index < -0.39 is 12.0 Å². The van der Waals surface area contributed by atoms with Crippen LogP contribution in [0.2, 0.25) is 0 Å². The van der Waals surface area contributed by atoms with Crippen molar-refractivity contribution in [1.82, 2.24) is 4.90 Å². The molecule has 2 rings (SSSR count). The second kappa shape index (κ2) is 4.44. The van der Waals surface area contributed by atoms with Crippen molar-refractivity contribution in [3.8, 4) is 0 Å². The smallest absolute Gasteiger partial charge is 0.326 e. The number of carboxylic acids is 1. The van der Waals surface area contributed by atoms with E-state index in [2.05, 4.69) is 0 Å². The van der Waals surface area contributed by atoms with Gasteiger partial charge < -0.3 is 10.0 Å². The average molecular weight is 225 g/mol. The van der Waals surface area contributed by atoms with Gasteiger partial charge in [-0.05, 0) is 24.7 Å². The van der Waals surface area contributed by atoms with Crippen LogP contribution in [0.3, 0.4) is 0 Å². The van der Waals surface area contributed by atoms with Crippen molar-refractivity contribution in [2.75, 3.05) is 6.54 Å². The van der Waals surface area contributed by atoms with Gasteiger partial charge in [0.05, 0.1) is 0 Å². The Morgan fingerprint density at radius 2 is 1.88 bits per heavy atom. The monoisotopic (exact) mass is 225 g/mol. The summed E-state index contributed by atoms with van der Waals surface area (Å²) in [6, 6.07) is -0.573. The largest absolute Gasteiger partial charge is 0.480 e. The van der Waals surface area contributed by atoms with E-state index >= 15 is 0 Å². The minimum absolute atomic E-state index is 0.101. The molecular formula is C12H19NO3. The summed E-state index contributed by atoms with van der Waals surface area (Å²) in [5.74, 6) is -0.224. The standard InChI is InChI=1S/C12H19NO3/c1-8(14)13-7-6-9-4-2-3-5-10(9)11(13)12(15)16/h9-11H,2-7H2,1H3,(H,15,16). The predicted molar refractivity (Wildman–Crippen MR) is 58.9 cm³/mol. The maximum Gasteiger partial charge on any atom is 0.326 e. The Hall–Kier alpha value is -1.06. The summed E-state index contributed by atoms with van der Waals surface area (Å²) >= 11 is 0. The molecule has 1 saturated carbocycles. The SMILES string of the molecule is CC(=O)N1CCC2CCCCC2C1C(=O)O. The maximum atomic E-state index is 11.5. The Kier molecular flexibility index (Phi) is 3.17. The minimum atomic E-state index is -0.827. The van der Waals surface area contributed by atoms with Crippen molar-refractivity contribution in [3.05, 3.63) is 0 Å². The van der Waals surface area contributed by atoms with Crippen LogP contribution in [0, 0.1) is 11.8 Å². The Balaban J connectivity index is 2.20. The normalized spacial score (nSPS) is 34.3. The first-order chi connectivity index (χ1) is 7.61. The van der Waals surface area contributed by atoms with Crippen molar-refractivity contribution in [3.63, 3.8) is 0 Å². The molecule has 4 heteroatoms. The lowest BCUT2D eigenvalue weighted by atomic mass is 9.71. The van der Waals surface area contributed by atoms with Crippen molar-refractivity contribution >= 4 is 11.9 Å². The molecule has 1 heterocycles. The van der Waals surface area contributed by atoms with Crippen LogP contribution in [-0.2, 0) is 9.59 Å². The molecule has 0 spiro atoms. The molecule has 1 aliphatic heterocycles. The lowest BCUT2D eigenvalue weighted by Gasteiger charge is -2.45. The minimum Gasteiger partial charge on any atom is -0.480 e. The van der Waals surface area contributed by atoms with Gasteiger partial charge in [0.1, 0.15) is 6.04 Å². The topological polar surface area (TPSA) is 57.6 Å². The summed E-state index contributed by atoms with van der Waals surface area (Å²) in [6.07, 6.45) is 5.41. The van der Waals surface area contributed by atoms with Gasteiger partial charge in [-0.15, -0.1) is 0 Å². The van der Waals surface area contributed by atoms with Crippen molar-refractivity contribution in [1.29, 1.82) is 0 Å². The van der Waals surface area contributed by atoms with Gasteiger partial charge in [-0.25, -0.2) is 4.79 Å². The van der Waals surface area contributed by atoms with E-state index in [0.29, 0.717) is 12.5 Å². The van der Waals surface area contributed by atoms with Crippen molar-refractivity contribution in [2.45, 2.75) is 45.1 Å². The quantitative estimate of drug-likeness (QED) is 0.735. The summed E-state index contributed by atoms with van der Waals surface area (Å²) in [6.45, 7) is 2.09. The van der Waals surface area contributed by atoms with Crippen molar-refractivity contribution in [2.24, 2.45) is 11.8 Å². The lowest BCUT2D eigenvalue weighted by molar-refractivity contribution is -0.157. The molecule has 1 aliphatic carbocycles. The highest BCUT2D eigenvalue weighted by atomic mass is 16.4. The van der Waals surface area contributed by atoms with E-state index in [-0.39, 0.29) is 11.8 Å². The number of amides is 1. The van der Waals surface area contributed by atoms with Crippen LogP contribution in [0.25, 0.3) is 0 Å². The molecule has 1 saturated heterocycles. The van der Waals surface area contributed by atoms with Gasteiger partial charge in [-0.1, -0.05) is 19.3 Å². The third-order valence-corrected chi connectivity index (χ3v) is 4.11. The van der Waals surface area contributed by atoms with Gasteiger partial charge in [0.25, 0.3) is 0 Å². The number of nitrogens with zero attached hydrogens (tertiary/aromatic N) is 1. The Morgan fingerprint density at radius 3 is 2.50 bits per heavy atom. The molecule has 90 valence electrons. The number of likely N-dealkylation sites (tertiary alicyclic amines) is 1. The molecule has 2 aliphatic rings. The average Bonchev–Trinajstić information content (AvgIpc) is 2.27. The molecule has 16 heavy (non-hydrogen) atoms. The molecule has 1 amide bonds. The summed E-state index contributed by atoms with van der Waals surface area (Å²) < 4.78 is 0. The molecule has 3 unspecified atom stereocenters. The molecule has 0 aromatic carbocycles. The van der Waals surface area contributed by atoms with Crippen LogP contribution in [0.1, 0.15) is 39.0 Å². The zero-order valence-electron chi connectivity index (χ0n) is 9.69. The highest BCUT2D eigenvalue weighted by Crippen LogP contribution is 2.39. The number of fused-ring (bicyclic) bond motifs is 1. The number of carbonyl (C=O) groups excluding carboxylic acids is 1. The molecule has 0 radical (unpaired) electrons. The first-order valence-electron chi connectivity index (χ1n) is 6.11. The summed E-state index contributed by atoms with van der Waals surface area (Å²) in [4.78, 5) is 24.3. The van der Waals surface area contributed by atoms with Crippen LogP contribution in [-0.4, -0.2) is 34.5 Å². The number of carbonyl (C=O) groups is 2. The molecule has 1 N–H and O–H groups in total. The summed E-state index contributed by atoms with van der Waals surface area (Å²) in [5, 5.41) is 9.30. The fourth-order valence-electron chi connectivity index (χ4n) is 3.36. The first-order valence-corrected chi connectivity index (χ1v) is 6.11. The highest BCUT2D eigenvalue weighted by molar-refractivity contribution is 5.82. The molecule has 4 nitrogen and oxygen atoms in total. The summed E-state index contributed by atoms with van der Waals surface area (Å²) in [5.41, 5.74) is 0. The third-order valence-electron chi connectivity index (χ3n) is 4.11. The van der Waals surface area contributed by atoms with Gasteiger partial charge in [0.15, 0.2) is 0 Å². The molecule has 0 aromatic rings. The second-order valence-corrected chi connectivity index (χ2v) is 4.99. The van der Waals surface area contributed by atoms with Crippen LogP contribution in [0.15, 0.2) is 0 Å². The van der Waals surface area contributed by atoms with Crippen molar-refractivity contribution < 1.29 is 14.7 Å². The van der Waals surface area contributed by atoms with E-state index in [9.17, 15) is 14.7 Å². The summed E-state index contributed by atoms with van der Waals surface area (Å²) in [7, 11) is 0. The molecule has 0 aromatic heterocycles.